The summed E-state index contributed by atoms with van der Waals surface area (Å²) in [4.78, 5) is 4.61. The van der Waals surface area contributed by atoms with E-state index in [0.29, 0.717) is 23.1 Å². The van der Waals surface area contributed by atoms with Crippen LogP contribution < -0.4 is 5.73 Å². The van der Waals surface area contributed by atoms with Crippen molar-refractivity contribution in [2.45, 2.75) is 70.8 Å². The second-order valence-corrected chi connectivity index (χ2v) is 7.45. The summed E-state index contributed by atoms with van der Waals surface area (Å²) in [5.74, 6) is 2.49. The molecule has 0 saturated heterocycles. The van der Waals surface area contributed by atoms with Gasteiger partial charge >= 0.3 is 0 Å². The van der Waals surface area contributed by atoms with Gasteiger partial charge in [0, 0.05) is 5.92 Å². The van der Waals surface area contributed by atoms with E-state index in [1.54, 1.807) is 0 Å². The molecule has 0 aromatic carbocycles. The maximum absolute atomic E-state index is 6.33. The van der Waals surface area contributed by atoms with Crippen LogP contribution >= 0.6 is 0 Å². The van der Waals surface area contributed by atoms with E-state index in [9.17, 15) is 0 Å². The Morgan fingerprint density at radius 3 is 2.42 bits per heavy atom. The van der Waals surface area contributed by atoms with E-state index >= 15 is 0 Å². The van der Waals surface area contributed by atoms with Crippen LogP contribution in [-0.2, 0) is 5.54 Å². The van der Waals surface area contributed by atoms with Crippen LogP contribution in [0.25, 0.3) is 0 Å². The van der Waals surface area contributed by atoms with Gasteiger partial charge in [-0.05, 0) is 56.8 Å². The Morgan fingerprint density at radius 2 is 1.84 bits per heavy atom. The van der Waals surface area contributed by atoms with Gasteiger partial charge in [-0.1, -0.05) is 19.0 Å². The first-order valence-corrected chi connectivity index (χ1v) is 7.51. The molecule has 1 unspecified atom stereocenters. The molecule has 0 radical (unpaired) electrons. The number of rotatable bonds is 3. The van der Waals surface area contributed by atoms with E-state index in [2.05, 4.69) is 24.0 Å². The molecule has 1 atom stereocenters. The van der Waals surface area contributed by atoms with Crippen molar-refractivity contribution in [2.24, 2.45) is 17.1 Å². The molecule has 0 bridgehead atoms. The third-order valence-electron chi connectivity index (χ3n) is 5.03. The predicted molar refractivity (Wildman–Crippen MR) is 73.6 cm³/mol. The Balaban J connectivity index is 1.71. The Bertz CT molecular complexity index is 450. The lowest BCUT2D eigenvalue weighted by molar-refractivity contribution is 0.217. The van der Waals surface area contributed by atoms with Gasteiger partial charge in [-0.2, -0.15) is 4.98 Å². The zero-order valence-electron chi connectivity index (χ0n) is 12.3. The molecule has 2 N–H and O–H groups in total. The fourth-order valence-electron chi connectivity index (χ4n) is 3.13. The van der Waals surface area contributed by atoms with E-state index in [-0.39, 0.29) is 0 Å². The zero-order valence-corrected chi connectivity index (χ0v) is 12.3. The molecule has 1 aromatic rings. The van der Waals surface area contributed by atoms with Gasteiger partial charge in [0.05, 0.1) is 5.54 Å². The summed E-state index contributed by atoms with van der Waals surface area (Å²) >= 11 is 0. The van der Waals surface area contributed by atoms with Crippen LogP contribution in [0.1, 0.15) is 76.9 Å². The molecule has 19 heavy (non-hydrogen) atoms. The second kappa shape index (κ2) is 4.30. The van der Waals surface area contributed by atoms with Gasteiger partial charge in [0.25, 0.3) is 0 Å². The molecule has 0 spiro atoms. The largest absolute Gasteiger partial charge is 0.337 e. The zero-order chi connectivity index (χ0) is 13.7. The van der Waals surface area contributed by atoms with Gasteiger partial charge in [-0.3, -0.25) is 0 Å². The van der Waals surface area contributed by atoms with E-state index < -0.39 is 5.54 Å². The average Bonchev–Trinajstić information content (AvgIpc) is 3.08. The lowest BCUT2D eigenvalue weighted by Crippen LogP contribution is -2.35. The Labute approximate surface area is 115 Å². The van der Waals surface area contributed by atoms with Crippen LogP contribution in [0.5, 0.6) is 0 Å². The molecule has 1 heterocycles. The molecular formula is C15H25N3O. The molecule has 4 heteroatoms. The quantitative estimate of drug-likeness (QED) is 0.908. The van der Waals surface area contributed by atoms with Crippen molar-refractivity contribution >= 4 is 0 Å². The predicted octanol–water partition coefficient (Wildman–Crippen LogP) is 3.34. The molecule has 2 aliphatic carbocycles. The van der Waals surface area contributed by atoms with E-state index in [4.69, 9.17) is 10.3 Å². The van der Waals surface area contributed by atoms with Gasteiger partial charge in [0.15, 0.2) is 5.82 Å². The summed E-state index contributed by atoms with van der Waals surface area (Å²) in [7, 11) is 0. The van der Waals surface area contributed by atoms with Gasteiger partial charge in [-0.25, -0.2) is 0 Å². The lowest BCUT2D eigenvalue weighted by Gasteiger charge is -2.32. The maximum atomic E-state index is 6.33. The number of hydrogen-bond donors (Lipinski definition) is 1. The van der Waals surface area contributed by atoms with Crippen LogP contribution in [0.3, 0.4) is 0 Å². The highest BCUT2D eigenvalue weighted by atomic mass is 16.5. The monoisotopic (exact) mass is 263 g/mol. The minimum atomic E-state index is -0.431. The first-order chi connectivity index (χ1) is 8.88. The van der Waals surface area contributed by atoms with Crippen molar-refractivity contribution < 1.29 is 4.52 Å². The summed E-state index contributed by atoms with van der Waals surface area (Å²) in [5, 5.41) is 4.20. The van der Waals surface area contributed by atoms with Crippen LogP contribution in [0, 0.1) is 11.3 Å². The minimum absolute atomic E-state index is 0.431. The third-order valence-corrected chi connectivity index (χ3v) is 5.03. The maximum Gasteiger partial charge on any atom is 0.246 e. The molecule has 2 fully saturated rings. The highest BCUT2D eigenvalue weighted by Gasteiger charge is 2.44. The summed E-state index contributed by atoms with van der Waals surface area (Å²) in [6.07, 6.45) is 7.17. The van der Waals surface area contributed by atoms with Crippen LogP contribution in [0.2, 0.25) is 0 Å². The fraction of sp³-hybridized carbons (Fsp3) is 0.867. The van der Waals surface area contributed by atoms with Crippen molar-refractivity contribution in [3.8, 4) is 0 Å². The summed E-state index contributed by atoms with van der Waals surface area (Å²) in [5.41, 5.74) is 6.37. The van der Waals surface area contributed by atoms with Crippen molar-refractivity contribution in [3.63, 3.8) is 0 Å². The molecule has 2 aliphatic rings. The van der Waals surface area contributed by atoms with Crippen molar-refractivity contribution in [1.29, 1.82) is 0 Å². The van der Waals surface area contributed by atoms with Crippen molar-refractivity contribution in [3.05, 3.63) is 11.7 Å². The first-order valence-electron chi connectivity index (χ1n) is 7.51. The molecular weight excluding hydrogens is 238 g/mol. The molecule has 4 nitrogen and oxygen atoms in total. The number of nitrogens with zero attached hydrogens (tertiary/aromatic N) is 2. The molecule has 0 aliphatic heterocycles. The van der Waals surface area contributed by atoms with Crippen LogP contribution in [0.15, 0.2) is 4.52 Å². The van der Waals surface area contributed by atoms with Gasteiger partial charge in [-0.15, -0.1) is 0 Å². The minimum Gasteiger partial charge on any atom is -0.337 e. The van der Waals surface area contributed by atoms with Gasteiger partial charge in [0.1, 0.15) is 0 Å². The lowest BCUT2D eigenvalue weighted by atomic mass is 9.73. The molecule has 2 saturated carbocycles. The summed E-state index contributed by atoms with van der Waals surface area (Å²) in [6, 6.07) is 0. The van der Waals surface area contributed by atoms with E-state index in [1.807, 2.05) is 6.92 Å². The fourth-order valence-corrected chi connectivity index (χ4v) is 3.13. The second-order valence-electron chi connectivity index (χ2n) is 7.45. The Hall–Kier alpha value is -0.900. The number of nitrogens with two attached hydrogens (primary N) is 1. The van der Waals surface area contributed by atoms with E-state index in [1.165, 1.54) is 25.7 Å². The Morgan fingerprint density at radius 1 is 1.21 bits per heavy atom. The van der Waals surface area contributed by atoms with Gasteiger partial charge < -0.3 is 10.3 Å². The first kappa shape index (κ1) is 13.1. The van der Waals surface area contributed by atoms with Crippen LogP contribution in [-0.4, -0.2) is 10.1 Å². The number of aromatic nitrogens is 2. The van der Waals surface area contributed by atoms with Gasteiger partial charge in [0.2, 0.25) is 5.89 Å². The highest BCUT2D eigenvalue weighted by molar-refractivity contribution is 5.09. The molecule has 0 amide bonds. The summed E-state index contributed by atoms with van der Waals surface area (Å²) in [6.45, 7) is 6.70. The Kier molecular flexibility index (Phi) is 2.97. The van der Waals surface area contributed by atoms with Crippen molar-refractivity contribution in [2.75, 3.05) is 0 Å². The smallest absolute Gasteiger partial charge is 0.246 e. The SMILES string of the molecule is CC1(C)CCC(c2noc(C(C)(N)C3CC3)n2)CC1. The topological polar surface area (TPSA) is 64.9 Å². The normalized spacial score (nSPS) is 27.2. The summed E-state index contributed by atoms with van der Waals surface area (Å²) < 4.78 is 5.45. The van der Waals surface area contributed by atoms with Crippen LogP contribution in [0.4, 0.5) is 0 Å². The number of hydrogen-bond acceptors (Lipinski definition) is 4. The van der Waals surface area contributed by atoms with Crippen molar-refractivity contribution in [1.82, 2.24) is 10.1 Å². The standard InChI is InChI=1S/C15H25N3O/c1-14(2)8-6-10(7-9-14)12-17-13(19-18-12)15(3,16)11-4-5-11/h10-11H,4-9,16H2,1-3H3. The molecule has 3 rings (SSSR count). The molecule has 106 valence electrons. The van der Waals surface area contributed by atoms with E-state index in [0.717, 1.165) is 18.7 Å². The average molecular weight is 263 g/mol. The third kappa shape index (κ3) is 2.55. The highest BCUT2D eigenvalue weighted by Crippen LogP contribution is 2.45. The molecule has 1 aromatic heterocycles.